The lowest BCUT2D eigenvalue weighted by Gasteiger charge is -1.80. The number of hydrogen-bond acceptors (Lipinski definition) is 4. The number of benzene rings is 1. The normalized spacial score (nSPS) is 10.3. The van der Waals surface area contributed by atoms with Crippen molar-refractivity contribution in [3.05, 3.63) is 34.2 Å². The first-order valence-electron chi connectivity index (χ1n) is 3.54. The smallest absolute Gasteiger partial charge is 0.133 e. The van der Waals surface area contributed by atoms with Gasteiger partial charge < -0.3 is 0 Å². The first kappa shape index (κ1) is 7.36. The van der Waals surface area contributed by atoms with Gasteiger partial charge in [-0.25, -0.2) is 4.98 Å². The van der Waals surface area contributed by atoms with Crippen molar-refractivity contribution in [2.24, 2.45) is 5.18 Å². The van der Waals surface area contributed by atoms with Gasteiger partial charge in [0.2, 0.25) is 0 Å². The molecule has 12 heavy (non-hydrogen) atoms. The lowest BCUT2D eigenvalue weighted by Crippen LogP contribution is -1.74. The van der Waals surface area contributed by atoms with Crippen LogP contribution in [0.4, 0.5) is 0 Å². The van der Waals surface area contributed by atoms with Crippen LogP contribution in [0.2, 0.25) is 0 Å². The van der Waals surface area contributed by atoms with E-state index in [1.807, 2.05) is 24.3 Å². The van der Waals surface area contributed by atoms with Gasteiger partial charge in [-0.2, -0.15) is 4.91 Å². The SMILES string of the molecule is O=NCc1nc2ccccc2s1. The molecule has 0 aliphatic carbocycles. The number of para-hydroxylation sites is 1. The summed E-state index contributed by atoms with van der Waals surface area (Å²) in [4.78, 5) is 14.2. The molecule has 1 aromatic carbocycles. The molecule has 4 heteroatoms. The number of thiazole rings is 1. The van der Waals surface area contributed by atoms with Crippen molar-refractivity contribution in [2.45, 2.75) is 6.54 Å². The van der Waals surface area contributed by atoms with Crippen molar-refractivity contribution in [2.75, 3.05) is 0 Å². The molecule has 2 aromatic rings. The fourth-order valence-corrected chi connectivity index (χ4v) is 1.92. The molecule has 0 radical (unpaired) electrons. The maximum Gasteiger partial charge on any atom is 0.133 e. The maximum atomic E-state index is 9.97. The van der Waals surface area contributed by atoms with Crippen LogP contribution in [0.3, 0.4) is 0 Å². The molecule has 2 rings (SSSR count). The van der Waals surface area contributed by atoms with Gasteiger partial charge >= 0.3 is 0 Å². The van der Waals surface area contributed by atoms with E-state index >= 15 is 0 Å². The van der Waals surface area contributed by atoms with E-state index in [1.54, 1.807) is 0 Å². The summed E-state index contributed by atoms with van der Waals surface area (Å²) in [6.45, 7) is 0.180. The number of fused-ring (bicyclic) bond motifs is 1. The summed E-state index contributed by atoms with van der Waals surface area (Å²) >= 11 is 1.52. The van der Waals surface area contributed by atoms with E-state index in [0.717, 1.165) is 15.2 Å². The molecule has 0 bridgehead atoms. The van der Waals surface area contributed by atoms with Gasteiger partial charge in [0.15, 0.2) is 0 Å². The Morgan fingerprint density at radius 2 is 2.25 bits per heavy atom. The van der Waals surface area contributed by atoms with Crippen LogP contribution in [0.25, 0.3) is 10.2 Å². The Balaban J connectivity index is 2.54. The van der Waals surface area contributed by atoms with Crippen molar-refractivity contribution < 1.29 is 0 Å². The molecule has 0 atom stereocenters. The second-order valence-electron chi connectivity index (χ2n) is 2.36. The molecular weight excluding hydrogens is 172 g/mol. The zero-order valence-corrected chi connectivity index (χ0v) is 7.04. The van der Waals surface area contributed by atoms with E-state index in [2.05, 4.69) is 10.2 Å². The van der Waals surface area contributed by atoms with Gasteiger partial charge in [0.25, 0.3) is 0 Å². The number of nitroso groups, excluding NO2 is 1. The van der Waals surface area contributed by atoms with E-state index < -0.39 is 0 Å². The van der Waals surface area contributed by atoms with E-state index in [0.29, 0.717) is 0 Å². The maximum absolute atomic E-state index is 9.97. The summed E-state index contributed by atoms with van der Waals surface area (Å²) in [6, 6.07) is 7.81. The van der Waals surface area contributed by atoms with Gasteiger partial charge in [0.1, 0.15) is 11.6 Å². The minimum Gasteiger partial charge on any atom is -0.239 e. The highest BCUT2D eigenvalue weighted by atomic mass is 32.1. The molecule has 0 saturated heterocycles. The van der Waals surface area contributed by atoms with Crippen molar-refractivity contribution in [3.8, 4) is 0 Å². The number of aromatic nitrogens is 1. The fourth-order valence-electron chi connectivity index (χ4n) is 1.04. The molecule has 0 saturated carbocycles. The molecule has 1 heterocycles. The highest BCUT2D eigenvalue weighted by Crippen LogP contribution is 2.21. The standard InChI is InChI=1S/C8H6N2OS/c11-9-5-8-10-6-3-1-2-4-7(6)12-8/h1-4H,5H2. The van der Waals surface area contributed by atoms with E-state index in [9.17, 15) is 4.91 Å². The van der Waals surface area contributed by atoms with Crippen molar-refractivity contribution in [1.29, 1.82) is 0 Å². The van der Waals surface area contributed by atoms with E-state index in [4.69, 9.17) is 0 Å². The minimum atomic E-state index is 0.180. The van der Waals surface area contributed by atoms with Gasteiger partial charge in [-0.05, 0) is 12.1 Å². The lowest BCUT2D eigenvalue weighted by atomic mass is 10.3. The van der Waals surface area contributed by atoms with Crippen LogP contribution in [-0.2, 0) is 6.54 Å². The largest absolute Gasteiger partial charge is 0.239 e. The molecule has 3 nitrogen and oxygen atoms in total. The van der Waals surface area contributed by atoms with E-state index in [-0.39, 0.29) is 6.54 Å². The van der Waals surface area contributed by atoms with Crippen LogP contribution in [-0.4, -0.2) is 4.98 Å². The predicted octanol–water partition coefficient (Wildman–Crippen LogP) is 2.56. The molecule has 60 valence electrons. The Morgan fingerprint density at radius 3 is 3.00 bits per heavy atom. The molecular formula is C8H6N2OS. The quantitative estimate of drug-likeness (QED) is 0.663. The molecule has 0 spiro atoms. The van der Waals surface area contributed by atoms with Crippen molar-refractivity contribution in [1.82, 2.24) is 4.98 Å². The van der Waals surface area contributed by atoms with Crippen LogP contribution in [0.15, 0.2) is 29.4 Å². The molecule has 0 N–H and O–H groups in total. The number of hydrogen-bond donors (Lipinski definition) is 0. The fraction of sp³-hybridized carbons (Fsp3) is 0.125. The third-order valence-corrected chi connectivity index (χ3v) is 2.56. The number of rotatable bonds is 2. The molecule has 0 aliphatic heterocycles. The van der Waals surface area contributed by atoms with Crippen LogP contribution < -0.4 is 0 Å². The first-order chi connectivity index (χ1) is 5.90. The molecule has 0 fully saturated rings. The van der Waals surface area contributed by atoms with Crippen LogP contribution >= 0.6 is 11.3 Å². The summed E-state index contributed by atoms with van der Waals surface area (Å²) in [5.74, 6) is 0. The van der Waals surface area contributed by atoms with Crippen LogP contribution in [0.1, 0.15) is 5.01 Å². The third-order valence-electron chi connectivity index (χ3n) is 1.54. The highest BCUT2D eigenvalue weighted by molar-refractivity contribution is 7.18. The zero-order chi connectivity index (χ0) is 8.39. The van der Waals surface area contributed by atoms with Gasteiger partial charge in [-0.15, -0.1) is 11.3 Å². The Morgan fingerprint density at radius 1 is 1.42 bits per heavy atom. The monoisotopic (exact) mass is 178 g/mol. The van der Waals surface area contributed by atoms with Crippen molar-refractivity contribution >= 4 is 21.6 Å². The summed E-state index contributed by atoms with van der Waals surface area (Å²) in [7, 11) is 0. The Labute approximate surface area is 73.0 Å². The van der Waals surface area contributed by atoms with E-state index in [1.165, 1.54) is 11.3 Å². The van der Waals surface area contributed by atoms with Crippen molar-refractivity contribution in [3.63, 3.8) is 0 Å². The zero-order valence-electron chi connectivity index (χ0n) is 6.23. The Kier molecular flexibility index (Phi) is 1.83. The lowest BCUT2D eigenvalue weighted by molar-refractivity contribution is 1.03. The molecule has 0 unspecified atom stereocenters. The van der Waals surface area contributed by atoms with Crippen LogP contribution in [0.5, 0.6) is 0 Å². The average Bonchev–Trinajstić information content (AvgIpc) is 2.47. The topological polar surface area (TPSA) is 42.3 Å². The summed E-state index contributed by atoms with van der Waals surface area (Å²) < 4.78 is 1.11. The van der Waals surface area contributed by atoms with Gasteiger partial charge in [0.05, 0.1) is 10.2 Å². The van der Waals surface area contributed by atoms with Gasteiger partial charge in [0, 0.05) is 0 Å². The summed E-state index contributed by atoms with van der Waals surface area (Å²) in [6.07, 6.45) is 0. The third kappa shape index (κ3) is 1.21. The second kappa shape index (κ2) is 2.98. The predicted molar refractivity (Wildman–Crippen MR) is 49.1 cm³/mol. The second-order valence-corrected chi connectivity index (χ2v) is 3.48. The van der Waals surface area contributed by atoms with Gasteiger partial charge in [-0.3, -0.25) is 0 Å². The Bertz CT molecular complexity index is 377. The Hall–Kier alpha value is -1.29. The first-order valence-corrected chi connectivity index (χ1v) is 4.35. The minimum absolute atomic E-state index is 0.180. The number of nitrogens with zero attached hydrogens (tertiary/aromatic N) is 2. The molecule has 1 aromatic heterocycles. The highest BCUT2D eigenvalue weighted by Gasteiger charge is 2.01. The molecule has 0 aliphatic rings. The summed E-state index contributed by atoms with van der Waals surface area (Å²) in [5.41, 5.74) is 0.946. The average molecular weight is 178 g/mol. The van der Waals surface area contributed by atoms with Crippen LogP contribution in [0, 0.1) is 4.91 Å². The van der Waals surface area contributed by atoms with Gasteiger partial charge in [-0.1, -0.05) is 17.3 Å². The molecule has 0 amide bonds. The summed E-state index contributed by atoms with van der Waals surface area (Å²) in [5, 5.41) is 3.58.